The Kier molecular flexibility index (Phi) is 6.40. The Morgan fingerprint density at radius 2 is 1.89 bits per heavy atom. The lowest BCUT2D eigenvalue weighted by Crippen LogP contribution is -2.10. The second-order valence-corrected chi connectivity index (χ2v) is 4.60. The Bertz CT molecular complexity index is 350. The quantitative estimate of drug-likeness (QED) is 0.706. The highest BCUT2D eigenvalue weighted by molar-refractivity contribution is 5.55. The van der Waals surface area contributed by atoms with E-state index in [1.807, 2.05) is 25.1 Å². The first kappa shape index (κ1) is 14.7. The maximum absolute atomic E-state index is 5.74. The normalized spacial score (nSPS) is 10.5. The number of unbranched alkanes of at least 4 members (excludes halogenated alkanes) is 1. The molecule has 18 heavy (non-hydrogen) atoms. The third-order valence-corrected chi connectivity index (χ3v) is 2.45. The molecule has 0 saturated heterocycles. The van der Waals surface area contributed by atoms with Crippen LogP contribution in [-0.2, 0) is 0 Å². The molecule has 3 nitrogen and oxygen atoms in total. The third kappa shape index (κ3) is 4.86. The summed E-state index contributed by atoms with van der Waals surface area (Å²) in [7, 11) is 0. The predicted octanol–water partition coefficient (Wildman–Crippen LogP) is 4.08. The monoisotopic (exact) mass is 251 g/mol. The maximum Gasteiger partial charge on any atom is 0.163 e. The molecule has 0 saturated carbocycles. The molecule has 0 bridgehead atoms. The highest BCUT2D eigenvalue weighted by Crippen LogP contribution is 2.31. The van der Waals surface area contributed by atoms with Crippen molar-refractivity contribution in [3.8, 4) is 11.5 Å². The van der Waals surface area contributed by atoms with Gasteiger partial charge >= 0.3 is 0 Å². The number of anilines is 1. The molecule has 1 aromatic rings. The summed E-state index contributed by atoms with van der Waals surface area (Å²) in [4.78, 5) is 0. The summed E-state index contributed by atoms with van der Waals surface area (Å²) >= 11 is 0. The molecule has 0 atom stereocenters. The zero-order valence-electron chi connectivity index (χ0n) is 12.0. The van der Waals surface area contributed by atoms with Crippen molar-refractivity contribution in [1.82, 2.24) is 0 Å². The minimum atomic E-state index is 0.409. The number of hydrogen-bond acceptors (Lipinski definition) is 3. The number of nitrogens with one attached hydrogen (secondary N) is 1. The lowest BCUT2D eigenvalue weighted by atomic mass is 10.2. The molecule has 1 N–H and O–H groups in total. The van der Waals surface area contributed by atoms with Gasteiger partial charge in [0, 0.05) is 17.8 Å². The van der Waals surface area contributed by atoms with E-state index < -0.39 is 0 Å². The van der Waals surface area contributed by atoms with E-state index in [1.54, 1.807) is 0 Å². The van der Waals surface area contributed by atoms with E-state index in [0.29, 0.717) is 12.6 Å². The van der Waals surface area contributed by atoms with Crippen LogP contribution in [0.15, 0.2) is 18.2 Å². The number of hydrogen-bond donors (Lipinski definition) is 1. The fraction of sp³-hybridized carbons (Fsp3) is 0.600. The van der Waals surface area contributed by atoms with E-state index in [2.05, 4.69) is 26.1 Å². The fourth-order valence-electron chi connectivity index (χ4n) is 1.65. The van der Waals surface area contributed by atoms with Gasteiger partial charge in [0.25, 0.3) is 0 Å². The van der Waals surface area contributed by atoms with E-state index in [4.69, 9.17) is 9.47 Å². The fourth-order valence-corrected chi connectivity index (χ4v) is 1.65. The summed E-state index contributed by atoms with van der Waals surface area (Å²) in [6.07, 6.45) is 2.20. The first-order chi connectivity index (χ1) is 8.67. The van der Waals surface area contributed by atoms with Crippen molar-refractivity contribution in [2.24, 2.45) is 0 Å². The van der Waals surface area contributed by atoms with Crippen molar-refractivity contribution < 1.29 is 9.47 Å². The summed E-state index contributed by atoms with van der Waals surface area (Å²) in [5, 5.41) is 3.36. The van der Waals surface area contributed by atoms with E-state index in [9.17, 15) is 0 Å². The minimum absolute atomic E-state index is 0.409. The van der Waals surface area contributed by atoms with Gasteiger partial charge in [0.1, 0.15) is 0 Å². The van der Waals surface area contributed by atoms with Crippen molar-refractivity contribution in [3.05, 3.63) is 18.2 Å². The van der Waals surface area contributed by atoms with Gasteiger partial charge in [-0.2, -0.15) is 0 Å². The van der Waals surface area contributed by atoms with E-state index in [0.717, 1.165) is 36.6 Å². The van der Waals surface area contributed by atoms with Crippen LogP contribution in [0.1, 0.15) is 40.5 Å². The molecule has 0 aliphatic carbocycles. The van der Waals surface area contributed by atoms with Gasteiger partial charge in [0.15, 0.2) is 11.5 Å². The van der Waals surface area contributed by atoms with Crippen LogP contribution in [0.2, 0.25) is 0 Å². The van der Waals surface area contributed by atoms with Crippen LogP contribution in [0.4, 0.5) is 5.69 Å². The van der Waals surface area contributed by atoms with Crippen LogP contribution in [0.3, 0.4) is 0 Å². The number of rotatable bonds is 8. The van der Waals surface area contributed by atoms with E-state index in [-0.39, 0.29) is 0 Å². The third-order valence-electron chi connectivity index (χ3n) is 2.45. The summed E-state index contributed by atoms with van der Waals surface area (Å²) in [6, 6.07) is 6.42. The molecule has 1 aromatic carbocycles. The largest absolute Gasteiger partial charge is 0.490 e. The van der Waals surface area contributed by atoms with E-state index in [1.165, 1.54) is 0 Å². The van der Waals surface area contributed by atoms with Gasteiger partial charge in [-0.05, 0) is 39.3 Å². The summed E-state index contributed by atoms with van der Waals surface area (Å²) in [5.74, 6) is 1.65. The number of ether oxygens (including phenoxy) is 2. The van der Waals surface area contributed by atoms with Gasteiger partial charge < -0.3 is 14.8 Å². The van der Waals surface area contributed by atoms with Crippen molar-refractivity contribution in [1.29, 1.82) is 0 Å². The van der Waals surface area contributed by atoms with Crippen LogP contribution < -0.4 is 14.8 Å². The lowest BCUT2D eigenvalue weighted by Gasteiger charge is -2.15. The smallest absolute Gasteiger partial charge is 0.163 e. The standard InChI is InChI=1S/C15H25NO2/c1-5-7-10-18-14-9-8-13(16-12(3)4)11-15(14)17-6-2/h8-9,11-12,16H,5-7,10H2,1-4H3. The van der Waals surface area contributed by atoms with Crippen molar-refractivity contribution in [3.63, 3.8) is 0 Å². The first-order valence-electron chi connectivity index (χ1n) is 6.83. The molecule has 0 spiro atoms. The first-order valence-corrected chi connectivity index (χ1v) is 6.83. The molecule has 0 aliphatic rings. The Hall–Kier alpha value is -1.38. The second-order valence-electron chi connectivity index (χ2n) is 4.60. The zero-order chi connectivity index (χ0) is 13.4. The zero-order valence-corrected chi connectivity index (χ0v) is 12.0. The molecular formula is C15H25NO2. The van der Waals surface area contributed by atoms with Gasteiger partial charge in [-0.1, -0.05) is 13.3 Å². The summed E-state index contributed by atoms with van der Waals surface area (Å²) in [5.41, 5.74) is 1.07. The summed E-state index contributed by atoms with van der Waals surface area (Å²) < 4.78 is 11.4. The Balaban J connectivity index is 2.75. The average Bonchev–Trinajstić information content (AvgIpc) is 2.32. The van der Waals surface area contributed by atoms with Crippen LogP contribution in [-0.4, -0.2) is 19.3 Å². The molecule has 0 unspecified atom stereocenters. The maximum atomic E-state index is 5.74. The molecule has 0 radical (unpaired) electrons. The average molecular weight is 251 g/mol. The van der Waals surface area contributed by atoms with Gasteiger partial charge in [-0.15, -0.1) is 0 Å². The van der Waals surface area contributed by atoms with Crippen LogP contribution in [0, 0.1) is 0 Å². The van der Waals surface area contributed by atoms with Gasteiger partial charge in [0.2, 0.25) is 0 Å². The Morgan fingerprint density at radius 1 is 1.11 bits per heavy atom. The predicted molar refractivity (Wildman–Crippen MR) is 76.8 cm³/mol. The second kappa shape index (κ2) is 7.85. The minimum Gasteiger partial charge on any atom is -0.490 e. The SMILES string of the molecule is CCCCOc1ccc(NC(C)C)cc1OCC. The lowest BCUT2D eigenvalue weighted by molar-refractivity contribution is 0.273. The highest BCUT2D eigenvalue weighted by Gasteiger charge is 2.07. The van der Waals surface area contributed by atoms with E-state index >= 15 is 0 Å². The topological polar surface area (TPSA) is 30.5 Å². The van der Waals surface area contributed by atoms with Gasteiger partial charge in [-0.3, -0.25) is 0 Å². The van der Waals surface area contributed by atoms with Crippen LogP contribution in [0.5, 0.6) is 11.5 Å². The molecule has 0 heterocycles. The van der Waals surface area contributed by atoms with Crippen LogP contribution in [0.25, 0.3) is 0 Å². The molecule has 3 heteroatoms. The van der Waals surface area contributed by atoms with Crippen molar-refractivity contribution in [2.75, 3.05) is 18.5 Å². The molecule has 0 aliphatic heterocycles. The Morgan fingerprint density at radius 3 is 2.50 bits per heavy atom. The molecule has 0 fully saturated rings. The molecule has 102 valence electrons. The molecule has 0 aromatic heterocycles. The van der Waals surface area contributed by atoms with Gasteiger partial charge in [-0.25, -0.2) is 0 Å². The van der Waals surface area contributed by atoms with Crippen LogP contribution >= 0.6 is 0 Å². The molecular weight excluding hydrogens is 226 g/mol. The van der Waals surface area contributed by atoms with Crippen molar-refractivity contribution in [2.45, 2.75) is 46.6 Å². The number of benzene rings is 1. The molecule has 0 amide bonds. The summed E-state index contributed by atoms with van der Waals surface area (Å²) in [6.45, 7) is 9.77. The van der Waals surface area contributed by atoms with Crippen molar-refractivity contribution >= 4 is 5.69 Å². The highest BCUT2D eigenvalue weighted by atomic mass is 16.5. The molecule has 1 rings (SSSR count). The Labute approximate surface area is 110 Å². The van der Waals surface area contributed by atoms with Gasteiger partial charge in [0.05, 0.1) is 13.2 Å².